The van der Waals surface area contributed by atoms with E-state index in [1.807, 2.05) is 18.2 Å². The van der Waals surface area contributed by atoms with Gasteiger partial charge in [0.25, 0.3) is 0 Å². The highest BCUT2D eigenvalue weighted by molar-refractivity contribution is 14.1. The molecule has 3 nitrogen and oxygen atoms in total. The molecule has 0 radical (unpaired) electrons. The van der Waals surface area contributed by atoms with Crippen LogP contribution in [-0.2, 0) is 13.0 Å². The van der Waals surface area contributed by atoms with Gasteiger partial charge in [0.15, 0.2) is 0 Å². The second kappa shape index (κ2) is 7.50. The van der Waals surface area contributed by atoms with Gasteiger partial charge in [0.05, 0.1) is 5.52 Å². The largest absolute Gasteiger partial charge is 0.489 e. The first-order valence-electron chi connectivity index (χ1n) is 8.68. The lowest BCUT2D eigenvalue weighted by molar-refractivity contribution is 0.306. The molecule has 0 fully saturated rings. The third-order valence-corrected chi connectivity index (χ3v) is 5.36. The number of halogens is 1. The van der Waals surface area contributed by atoms with E-state index in [4.69, 9.17) is 4.74 Å². The number of benzene rings is 3. The van der Waals surface area contributed by atoms with Crippen molar-refractivity contribution in [1.29, 1.82) is 0 Å². The number of aromatic amines is 1. The Morgan fingerprint density at radius 1 is 1.00 bits per heavy atom. The Kier molecular flexibility index (Phi) is 4.93. The fourth-order valence-corrected chi connectivity index (χ4v) is 3.72. The number of nitrogens with one attached hydrogen (secondary N) is 1. The van der Waals surface area contributed by atoms with E-state index in [1.54, 1.807) is 0 Å². The van der Waals surface area contributed by atoms with Crippen LogP contribution in [0.5, 0.6) is 5.75 Å². The van der Waals surface area contributed by atoms with Crippen molar-refractivity contribution in [2.24, 2.45) is 0 Å². The number of rotatable bonds is 5. The topological polar surface area (TPSA) is 37.9 Å². The van der Waals surface area contributed by atoms with Crippen molar-refractivity contribution in [1.82, 2.24) is 10.2 Å². The van der Waals surface area contributed by atoms with Gasteiger partial charge in [0, 0.05) is 5.39 Å². The summed E-state index contributed by atoms with van der Waals surface area (Å²) >= 11 is 2.25. The van der Waals surface area contributed by atoms with E-state index in [2.05, 4.69) is 88.2 Å². The Morgan fingerprint density at radius 2 is 1.85 bits per heavy atom. The quantitative estimate of drug-likeness (QED) is 0.377. The van der Waals surface area contributed by atoms with Crippen molar-refractivity contribution >= 4 is 33.5 Å². The molecule has 0 spiro atoms. The van der Waals surface area contributed by atoms with Crippen LogP contribution >= 0.6 is 22.6 Å². The van der Waals surface area contributed by atoms with Crippen LogP contribution in [0, 0.1) is 3.70 Å². The summed E-state index contributed by atoms with van der Waals surface area (Å²) in [5.41, 5.74) is 5.96. The summed E-state index contributed by atoms with van der Waals surface area (Å²) in [7, 11) is 0. The van der Waals surface area contributed by atoms with Crippen LogP contribution in [0.15, 0.2) is 66.7 Å². The number of hydrogen-bond donors (Lipinski definition) is 1. The van der Waals surface area contributed by atoms with Gasteiger partial charge >= 0.3 is 0 Å². The van der Waals surface area contributed by atoms with Crippen LogP contribution in [0.25, 0.3) is 22.0 Å². The molecule has 0 saturated heterocycles. The summed E-state index contributed by atoms with van der Waals surface area (Å²) in [4.78, 5) is 0. The molecule has 0 aliphatic heterocycles. The molecule has 0 amide bonds. The number of aryl methyl sites for hydroxylation is 1. The fourth-order valence-electron chi connectivity index (χ4n) is 3.13. The second-order valence-electron chi connectivity index (χ2n) is 6.22. The van der Waals surface area contributed by atoms with E-state index in [0.717, 1.165) is 26.8 Å². The van der Waals surface area contributed by atoms with Crippen molar-refractivity contribution < 1.29 is 4.74 Å². The molecule has 0 unspecified atom stereocenters. The van der Waals surface area contributed by atoms with Gasteiger partial charge in [-0.15, -0.1) is 0 Å². The zero-order valence-corrected chi connectivity index (χ0v) is 16.7. The monoisotopic (exact) mass is 454 g/mol. The molecule has 0 aliphatic rings. The molecule has 4 aromatic rings. The molecule has 1 heterocycles. The highest BCUT2D eigenvalue weighted by Gasteiger charge is 2.09. The zero-order chi connectivity index (χ0) is 17.9. The van der Waals surface area contributed by atoms with Gasteiger partial charge in [0.2, 0.25) is 0 Å². The summed E-state index contributed by atoms with van der Waals surface area (Å²) < 4.78 is 6.99. The molecular weight excluding hydrogens is 435 g/mol. The molecule has 4 rings (SSSR count). The Bertz CT molecular complexity index is 1040. The molecule has 130 valence electrons. The third kappa shape index (κ3) is 3.46. The van der Waals surface area contributed by atoms with Crippen LogP contribution in [0.3, 0.4) is 0 Å². The Labute approximate surface area is 166 Å². The SMILES string of the molecule is CCc1cc(OCc2ccccc2)ccc1-c1ccc2c(I)n[nH]c2c1. The minimum Gasteiger partial charge on any atom is -0.489 e. The lowest BCUT2D eigenvalue weighted by Crippen LogP contribution is -1.96. The third-order valence-electron chi connectivity index (χ3n) is 4.53. The molecule has 26 heavy (non-hydrogen) atoms. The Hall–Kier alpha value is -2.34. The van der Waals surface area contributed by atoms with Gasteiger partial charge in [0.1, 0.15) is 16.1 Å². The molecule has 0 saturated carbocycles. The highest BCUT2D eigenvalue weighted by atomic mass is 127. The molecule has 4 heteroatoms. The number of H-pyrrole nitrogens is 1. The van der Waals surface area contributed by atoms with E-state index >= 15 is 0 Å². The van der Waals surface area contributed by atoms with Crippen LogP contribution in [0.1, 0.15) is 18.1 Å². The first-order valence-corrected chi connectivity index (χ1v) is 9.76. The average Bonchev–Trinajstić information content (AvgIpc) is 3.07. The predicted octanol–water partition coefficient (Wildman–Crippen LogP) is 5.98. The van der Waals surface area contributed by atoms with Gasteiger partial charge in [-0.05, 0) is 75.5 Å². The van der Waals surface area contributed by atoms with Crippen molar-refractivity contribution in [2.45, 2.75) is 20.0 Å². The maximum absolute atomic E-state index is 5.98. The maximum Gasteiger partial charge on any atom is 0.130 e. The van der Waals surface area contributed by atoms with Crippen LogP contribution in [0.2, 0.25) is 0 Å². The second-order valence-corrected chi connectivity index (χ2v) is 7.24. The van der Waals surface area contributed by atoms with Gasteiger partial charge in [-0.25, -0.2) is 0 Å². The van der Waals surface area contributed by atoms with Gasteiger partial charge < -0.3 is 4.74 Å². The smallest absolute Gasteiger partial charge is 0.130 e. The molecule has 0 bridgehead atoms. The van der Waals surface area contributed by atoms with Gasteiger partial charge in [-0.2, -0.15) is 5.10 Å². The first-order chi connectivity index (χ1) is 12.7. The standard InChI is InChI=1S/C22H19IN2O/c1-2-16-12-18(26-14-15-6-4-3-5-7-15)9-11-19(16)17-8-10-20-21(13-17)24-25-22(20)23/h3-13H,2,14H2,1H3,(H,24,25). The van der Waals surface area contributed by atoms with E-state index in [1.165, 1.54) is 22.3 Å². The van der Waals surface area contributed by atoms with Crippen molar-refractivity contribution in [3.8, 4) is 16.9 Å². The summed E-state index contributed by atoms with van der Waals surface area (Å²) in [6, 6.07) is 23.1. The van der Waals surface area contributed by atoms with E-state index < -0.39 is 0 Å². The normalized spacial score (nSPS) is 11.0. The van der Waals surface area contributed by atoms with Crippen LogP contribution in [-0.4, -0.2) is 10.2 Å². The minimum absolute atomic E-state index is 0.585. The molecule has 0 atom stereocenters. The molecule has 3 aromatic carbocycles. The number of fused-ring (bicyclic) bond motifs is 1. The van der Waals surface area contributed by atoms with E-state index in [9.17, 15) is 0 Å². The number of nitrogens with zero attached hydrogens (tertiary/aromatic N) is 1. The zero-order valence-electron chi connectivity index (χ0n) is 14.5. The molecule has 1 N–H and O–H groups in total. The number of hydrogen-bond acceptors (Lipinski definition) is 2. The number of ether oxygens (including phenoxy) is 1. The van der Waals surface area contributed by atoms with Gasteiger partial charge in [-0.1, -0.05) is 49.4 Å². The number of aromatic nitrogens is 2. The lowest BCUT2D eigenvalue weighted by Gasteiger charge is -2.12. The first kappa shape index (κ1) is 17.1. The summed E-state index contributed by atoms with van der Waals surface area (Å²) in [5.74, 6) is 0.909. The van der Waals surface area contributed by atoms with Crippen molar-refractivity contribution in [3.63, 3.8) is 0 Å². The van der Waals surface area contributed by atoms with Gasteiger partial charge in [-0.3, -0.25) is 5.10 Å². The summed E-state index contributed by atoms with van der Waals surface area (Å²) in [6.45, 7) is 2.76. The summed E-state index contributed by atoms with van der Waals surface area (Å²) in [5, 5.41) is 8.55. The summed E-state index contributed by atoms with van der Waals surface area (Å²) in [6.07, 6.45) is 0.955. The highest BCUT2D eigenvalue weighted by Crippen LogP contribution is 2.31. The minimum atomic E-state index is 0.585. The molecule has 1 aromatic heterocycles. The average molecular weight is 454 g/mol. The van der Waals surface area contributed by atoms with Crippen LogP contribution < -0.4 is 4.74 Å². The maximum atomic E-state index is 5.98. The van der Waals surface area contributed by atoms with Crippen molar-refractivity contribution in [3.05, 3.63) is 81.6 Å². The Balaban J connectivity index is 1.61. The van der Waals surface area contributed by atoms with Crippen LogP contribution in [0.4, 0.5) is 0 Å². The predicted molar refractivity (Wildman–Crippen MR) is 114 cm³/mol. The lowest BCUT2D eigenvalue weighted by atomic mass is 9.97. The Morgan fingerprint density at radius 3 is 2.65 bits per heavy atom. The molecule has 0 aliphatic carbocycles. The van der Waals surface area contributed by atoms with E-state index in [-0.39, 0.29) is 0 Å². The van der Waals surface area contributed by atoms with E-state index in [0.29, 0.717) is 6.61 Å². The molecular formula is C22H19IN2O. The fraction of sp³-hybridized carbons (Fsp3) is 0.136. The van der Waals surface area contributed by atoms with Crippen molar-refractivity contribution in [2.75, 3.05) is 0 Å².